The van der Waals surface area contributed by atoms with Gasteiger partial charge in [-0.15, -0.1) is 0 Å². The van der Waals surface area contributed by atoms with Crippen LogP contribution in [0.25, 0.3) is 0 Å². The summed E-state index contributed by atoms with van der Waals surface area (Å²) in [4.78, 5) is 9.79. The number of hydrogen-bond donors (Lipinski definition) is 0. The largest absolute Gasteiger partial charge is 0.494 e. The third kappa shape index (κ3) is 6.51. The van der Waals surface area contributed by atoms with Crippen LogP contribution in [-0.2, 0) is 6.18 Å². The van der Waals surface area contributed by atoms with Gasteiger partial charge in [0.2, 0.25) is 11.8 Å². The maximum atomic E-state index is 13.4. The van der Waals surface area contributed by atoms with Gasteiger partial charge in [0.15, 0.2) is 0 Å². The molecule has 0 aliphatic rings. The summed E-state index contributed by atoms with van der Waals surface area (Å²) in [6, 6.07) is 7.27. The maximum absolute atomic E-state index is 13.4. The Morgan fingerprint density at radius 2 is 1.83 bits per heavy atom. The molecule has 0 radical (unpaired) electrons. The van der Waals surface area contributed by atoms with Crippen LogP contribution in [0.4, 0.5) is 24.8 Å². The highest BCUT2D eigenvalue weighted by atomic mass is 19.4. The predicted octanol–water partition coefficient (Wildman–Crippen LogP) is 6.01. The third-order valence-corrected chi connectivity index (χ3v) is 4.28. The summed E-state index contributed by atoms with van der Waals surface area (Å²) in [5.74, 6) is 0.388. The second kappa shape index (κ2) is 10.9. The van der Waals surface area contributed by atoms with Gasteiger partial charge in [0.1, 0.15) is 11.3 Å². The van der Waals surface area contributed by atoms with Crippen molar-refractivity contribution < 1.29 is 22.6 Å². The van der Waals surface area contributed by atoms with E-state index in [-0.39, 0.29) is 12.6 Å². The molecule has 0 saturated carbocycles. The Hall–Kier alpha value is -2.51. The fourth-order valence-electron chi connectivity index (χ4n) is 2.84. The summed E-state index contributed by atoms with van der Waals surface area (Å²) in [5, 5.41) is 0. The van der Waals surface area contributed by atoms with E-state index in [1.165, 1.54) is 0 Å². The summed E-state index contributed by atoms with van der Waals surface area (Å²) < 4.78 is 51.0. The number of unbranched alkanes of at least 4 members (excludes halogenated alkanes) is 3. The second-order valence-electron chi connectivity index (χ2n) is 6.47. The van der Waals surface area contributed by atoms with Crippen LogP contribution in [0.15, 0.2) is 30.5 Å². The summed E-state index contributed by atoms with van der Waals surface area (Å²) in [5.41, 5.74) is -0.233. The van der Waals surface area contributed by atoms with Crippen molar-refractivity contribution in [3.8, 4) is 11.6 Å². The van der Waals surface area contributed by atoms with E-state index < -0.39 is 17.6 Å². The van der Waals surface area contributed by atoms with Crippen molar-refractivity contribution in [2.45, 2.75) is 52.6 Å². The van der Waals surface area contributed by atoms with Crippen molar-refractivity contribution in [2.75, 3.05) is 24.7 Å². The van der Waals surface area contributed by atoms with E-state index in [2.05, 4.69) is 16.9 Å². The Bertz CT molecular complexity index is 769. The number of nitrogens with zero attached hydrogens (tertiary/aromatic N) is 3. The van der Waals surface area contributed by atoms with Crippen molar-refractivity contribution in [3.05, 3.63) is 36.0 Å². The van der Waals surface area contributed by atoms with Crippen molar-refractivity contribution in [1.29, 1.82) is 0 Å². The average Bonchev–Trinajstić information content (AvgIpc) is 2.68. The number of benzene rings is 1. The SMILES string of the molecule is CCCCCCOc1nc(N(CC)c2cccc(OCC)c2)ncc1C(F)(F)F. The number of ether oxygens (including phenoxy) is 2. The number of hydrogen-bond acceptors (Lipinski definition) is 5. The standard InChI is InChI=1S/C21H28F3N3O2/c1-4-7-8-9-13-29-19-18(21(22,23)24)15-25-20(26-19)27(5-2)16-11-10-12-17(14-16)28-6-3/h10-12,14-15H,4-9,13H2,1-3H3. The third-order valence-electron chi connectivity index (χ3n) is 4.28. The summed E-state index contributed by atoms with van der Waals surface area (Å²) >= 11 is 0. The quantitative estimate of drug-likeness (QED) is 0.424. The van der Waals surface area contributed by atoms with E-state index >= 15 is 0 Å². The zero-order valence-electron chi connectivity index (χ0n) is 17.1. The van der Waals surface area contributed by atoms with E-state index in [0.29, 0.717) is 25.3 Å². The molecule has 1 aromatic heterocycles. The van der Waals surface area contributed by atoms with Crippen LogP contribution < -0.4 is 14.4 Å². The molecule has 0 N–H and O–H groups in total. The number of halogens is 3. The van der Waals surface area contributed by atoms with Crippen LogP contribution in [-0.4, -0.2) is 29.7 Å². The average molecular weight is 411 g/mol. The first-order valence-corrected chi connectivity index (χ1v) is 9.98. The van der Waals surface area contributed by atoms with E-state index in [0.717, 1.165) is 31.1 Å². The predicted molar refractivity (Wildman–Crippen MR) is 107 cm³/mol. The second-order valence-corrected chi connectivity index (χ2v) is 6.47. The molecule has 0 aliphatic heterocycles. The van der Waals surface area contributed by atoms with Gasteiger partial charge in [-0.2, -0.15) is 18.2 Å². The minimum atomic E-state index is -4.58. The molecule has 2 rings (SSSR count). The molecular formula is C21H28F3N3O2. The minimum absolute atomic E-state index is 0.151. The number of alkyl halides is 3. The monoisotopic (exact) mass is 411 g/mol. The lowest BCUT2D eigenvalue weighted by Gasteiger charge is -2.23. The first-order valence-electron chi connectivity index (χ1n) is 9.98. The van der Waals surface area contributed by atoms with E-state index in [1.807, 2.05) is 32.0 Å². The zero-order valence-corrected chi connectivity index (χ0v) is 17.1. The van der Waals surface area contributed by atoms with Gasteiger partial charge in [-0.25, -0.2) is 4.98 Å². The van der Waals surface area contributed by atoms with Gasteiger partial charge in [0.05, 0.1) is 13.2 Å². The Kier molecular flexibility index (Phi) is 8.54. The summed E-state index contributed by atoms with van der Waals surface area (Å²) in [7, 11) is 0. The van der Waals surface area contributed by atoms with Gasteiger partial charge in [0.25, 0.3) is 0 Å². The molecule has 0 unspecified atom stereocenters. The molecular weight excluding hydrogens is 383 g/mol. The number of rotatable bonds is 11. The van der Waals surface area contributed by atoms with Crippen LogP contribution in [0.3, 0.4) is 0 Å². The van der Waals surface area contributed by atoms with Crippen LogP contribution in [0, 0.1) is 0 Å². The van der Waals surface area contributed by atoms with Gasteiger partial charge in [-0.3, -0.25) is 0 Å². The van der Waals surface area contributed by atoms with Gasteiger partial charge in [-0.05, 0) is 32.4 Å². The summed E-state index contributed by atoms with van der Waals surface area (Å²) in [6.07, 6.45) is -0.149. The lowest BCUT2D eigenvalue weighted by molar-refractivity contribution is -0.139. The van der Waals surface area contributed by atoms with Crippen molar-refractivity contribution in [3.63, 3.8) is 0 Å². The van der Waals surface area contributed by atoms with Crippen molar-refractivity contribution >= 4 is 11.6 Å². The van der Waals surface area contributed by atoms with Crippen molar-refractivity contribution in [2.24, 2.45) is 0 Å². The molecule has 1 heterocycles. The van der Waals surface area contributed by atoms with E-state index in [9.17, 15) is 13.2 Å². The van der Waals surface area contributed by atoms with E-state index in [4.69, 9.17) is 9.47 Å². The Labute approximate surface area is 169 Å². The molecule has 29 heavy (non-hydrogen) atoms. The fraction of sp³-hybridized carbons (Fsp3) is 0.524. The zero-order chi connectivity index (χ0) is 21.3. The normalized spacial score (nSPS) is 11.4. The first-order chi connectivity index (χ1) is 13.9. The Balaban J connectivity index is 2.30. The first kappa shape index (κ1) is 22.8. The molecule has 8 heteroatoms. The van der Waals surface area contributed by atoms with Crippen LogP contribution in [0.1, 0.15) is 52.0 Å². The fourth-order valence-corrected chi connectivity index (χ4v) is 2.84. The van der Waals surface area contributed by atoms with Gasteiger partial charge in [0, 0.05) is 24.5 Å². The lowest BCUT2D eigenvalue weighted by Crippen LogP contribution is -2.21. The Morgan fingerprint density at radius 3 is 2.48 bits per heavy atom. The van der Waals surface area contributed by atoms with Crippen LogP contribution in [0.5, 0.6) is 11.6 Å². The molecule has 0 spiro atoms. The smallest absolute Gasteiger partial charge is 0.423 e. The topological polar surface area (TPSA) is 47.5 Å². The highest BCUT2D eigenvalue weighted by Gasteiger charge is 2.36. The van der Waals surface area contributed by atoms with Crippen LogP contribution >= 0.6 is 0 Å². The van der Waals surface area contributed by atoms with Gasteiger partial charge < -0.3 is 14.4 Å². The molecule has 0 bridgehead atoms. The number of anilines is 2. The molecule has 1 aromatic carbocycles. The van der Waals surface area contributed by atoms with Crippen LogP contribution in [0.2, 0.25) is 0 Å². The van der Waals surface area contributed by atoms with Gasteiger partial charge in [-0.1, -0.05) is 32.3 Å². The highest BCUT2D eigenvalue weighted by molar-refractivity contribution is 5.59. The molecule has 0 aliphatic carbocycles. The highest BCUT2D eigenvalue weighted by Crippen LogP contribution is 2.36. The summed E-state index contributed by atoms with van der Waals surface area (Å²) in [6.45, 7) is 7.00. The maximum Gasteiger partial charge on any atom is 0.423 e. The molecule has 2 aromatic rings. The minimum Gasteiger partial charge on any atom is -0.494 e. The molecule has 5 nitrogen and oxygen atoms in total. The molecule has 160 valence electrons. The lowest BCUT2D eigenvalue weighted by atomic mass is 10.2. The Morgan fingerprint density at radius 1 is 1.03 bits per heavy atom. The molecule has 0 fully saturated rings. The molecule has 0 amide bonds. The van der Waals surface area contributed by atoms with Crippen molar-refractivity contribution in [1.82, 2.24) is 9.97 Å². The van der Waals surface area contributed by atoms with Gasteiger partial charge >= 0.3 is 6.18 Å². The molecule has 0 atom stereocenters. The number of aromatic nitrogens is 2. The van der Waals surface area contributed by atoms with E-state index in [1.54, 1.807) is 11.0 Å². The molecule has 0 saturated heterocycles.